The second kappa shape index (κ2) is 8.49. The molecule has 0 unspecified atom stereocenters. The van der Waals surface area contributed by atoms with Crippen molar-refractivity contribution < 1.29 is 14.3 Å². The van der Waals surface area contributed by atoms with Gasteiger partial charge in [0.15, 0.2) is 5.82 Å². The van der Waals surface area contributed by atoms with Gasteiger partial charge in [-0.25, -0.2) is 9.31 Å². The van der Waals surface area contributed by atoms with Crippen molar-refractivity contribution in [3.63, 3.8) is 0 Å². The van der Waals surface area contributed by atoms with E-state index in [1.165, 1.54) is 4.80 Å². The van der Waals surface area contributed by atoms with E-state index in [-0.39, 0.29) is 17.9 Å². The molecule has 1 saturated heterocycles. The Bertz CT molecular complexity index is 1410. The molecular formula is C24H26N8O3. The lowest BCUT2D eigenvalue weighted by Gasteiger charge is -2.38. The highest BCUT2D eigenvalue weighted by molar-refractivity contribution is 6.09. The van der Waals surface area contributed by atoms with Crippen LogP contribution in [0.5, 0.6) is 0 Å². The molecule has 1 N–H and O–H groups in total. The number of ether oxygens (including phenoxy) is 1. The van der Waals surface area contributed by atoms with Gasteiger partial charge in [-0.15, -0.1) is 15.0 Å². The maximum absolute atomic E-state index is 12.9. The molecule has 0 bridgehead atoms. The fourth-order valence-electron chi connectivity index (χ4n) is 3.78. The first-order valence-electron chi connectivity index (χ1n) is 11.3. The lowest BCUT2D eigenvalue weighted by Crippen LogP contribution is -2.50. The fourth-order valence-corrected chi connectivity index (χ4v) is 3.78. The summed E-state index contributed by atoms with van der Waals surface area (Å²) in [6, 6.07) is 11.1. The second-order valence-corrected chi connectivity index (χ2v) is 9.56. The molecular weight excluding hydrogens is 448 g/mol. The summed E-state index contributed by atoms with van der Waals surface area (Å²) < 4.78 is 7.05. The third-order valence-corrected chi connectivity index (χ3v) is 5.70. The van der Waals surface area contributed by atoms with E-state index >= 15 is 0 Å². The molecule has 0 radical (unpaired) electrons. The van der Waals surface area contributed by atoms with Crippen LogP contribution in [0.3, 0.4) is 0 Å². The van der Waals surface area contributed by atoms with Gasteiger partial charge >= 0.3 is 6.09 Å². The topological polar surface area (TPSA) is 120 Å². The van der Waals surface area contributed by atoms with Crippen molar-refractivity contribution in [2.45, 2.75) is 39.2 Å². The molecule has 1 aliphatic heterocycles. The minimum Gasteiger partial charge on any atom is -0.444 e. The maximum atomic E-state index is 12.9. The number of fused-ring (bicyclic) bond motifs is 1. The van der Waals surface area contributed by atoms with Crippen LogP contribution >= 0.6 is 0 Å². The maximum Gasteiger partial charge on any atom is 0.410 e. The molecule has 0 spiro atoms. The third kappa shape index (κ3) is 4.57. The Labute approximate surface area is 201 Å². The van der Waals surface area contributed by atoms with Crippen molar-refractivity contribution in [2.75, 3.05) is 18.4 Å². The number of carbonyl (C=O) groups is 2. The lowest BCUT2D eigenvalue weighted by molar-refractivity contribution is 0.00749. The number of nitrogens with one attached hydrogen (secondary N) is 1. The Hall–Kier alpha value is -4.28. The summed E-state index contributed by atoms with van der Waals surface area (Å²) in [6.45, 7) is 8.39. The van der Waals surface area contributed by atoms with Gasteiger partial charge in [-0.3, -0.25) is 4.79 Å². The van der Waals surface area contributed by atoms with Crippen molar-refractivity contribution in [3.8, 4) is 5.69 Å². The van der Waals surface area contributed by atoms with Crippen LogP contribution < -0.4 is 5.32 Å². The molecule has 0 atom stereocenters. The number of hydrogen-bond donors (Lipinski definition) is 1. The highest BCUT2D eigenvalue weighted by atomic mass is 16.6. The van der Waals surface area contributed by atoms with E-state index < -0.39 is 5.60 Å². The van der Waals surface area contributed by atoms with Gasteiger partial charge in [0.1, 0.15) is 5.60 Å². The van der Waals surface area contributed by atoms with Crippen LogP contribution in [0.1, 0.15) is 48.4 Å². The first-order valence-corrected chi connectivity index (χ1v) is 11.3. The summed E-state index contributed by atoms with van der Waals surface area (Å²) in [5.41, 5.74) is 2.87. The van der Waals surface area contributed by atoms with E-state index in [4.69, 9.17) is 4.74 Å². The fraction of sp³-hybridized carbons (Fsp3) is 0.333. The summed E-state index contributed by atoms with van der Waals surface area (Å²) in [5.74, 6) is 0.300. The van der Waals surface area contributed by atoms with Crippen LogP contribution in [0.25, 0.3) is 11.2 Å². The average Bonchev–Trinajstić information content (AvgIpc) is 3.40. The normalized spacial score (nSPS) is 14.1. The van der Waals surface area contributed by atoms with Crippen LogP contribution in [0.15, 0.2) is 48.8 Å². The number of likely N-dealkylation sites (tertiary alicyclic amines) is 1. The van der Waals surface area contributed by atoms with Crippen LogP contribution in [0, 0.1) is 6.92 Å². The van der Waals surface area contributed by atoms with Crippen molar-refractivity contribution in [1.82, 2.24) is 34.7 Å². The van der Waals surface area contributed by atoms with Gasteiger partial charge in [-0.2, -0.15) is 5.10 Å². The van der Waals surface area contributed by atoms with Crippen LogP contribution in [-0.2, 0) is 4.74 Å². The summed E-state index contributed by atoms with van der Waals surface area (Å²) >= 11 is 0. The second-order valence-electron chi connectivity index (χ2n) is 9.56. The predicted molar refractivity (Wildman–Crippen MR) is 128 cm³/mol. The Kier molecular flexibility index (Phi) is 5.46. The number of benzene rings is 1. The molecule has 5 rings (SSSR count). The van der Waals surface area contributed by atoms with E-state index in [1.54, 1.807) is 27.9 Å². The van der Waals surface area contributed by atoms with Crippen molar-refractivity contribution >= 4 is 23.2 Å². The Balaban J connectivity index is 1.28. The quantitative estimate of drug-likeness (QED) is 0.482. The minimum atomic E-state index is -0.534. The molecule has 4 heterocycles. The van der Waals surface area contributed by atoms with E-state index in [9.17, 15) is 9.59 Å². The SMILES string of the molecule is Cc1ccc(-n2nnc(C3CN(C(=O)OC(C)(C)C)C3)n2)cc1NC(=O)c1cnn2ccccc12. The molecule has 2 amide bonds. The molecule has 1 fully saturated rings. The van der Waals surface area contributed by atoms with Crippen molar-refractivity contribution in [1.29, 1.82) is 0 Å². The third-order valence-electron chi connectivity index (χ3n) is 5.70. The van der Waals surface area contributed by atoms with Gasteiger partial charge in [0, 0.05) is 25.0 Å². The van der Waals surface area contributed by atoms with Gasteiger partial charge in [0.2, 0.25) is 0 Å². The molecule has 180 valence electrons. The van der Waals surface area contributed by atoms with E-state index in [0.717, 1.165) is 11.1 Å². The number of nitrogens with zero attached hydrogens (tertiary/aromatic N) is 7. The van der Waals surface area contributed by atoms with Gasteiger partial charge in [0.05, 0.1) is 28.9 Å². The van der Waals surface area contributed by atoms with E-state index in [2.05, 4.69) is 25.8 Å². The van der Waals surface area contributed by atoms with Crippen LogP contribution in [0.2, 0.25) is 0 Å². The number of pyridine rings is 1. The summed E-state index contributed by atoms with van der Waals surface area (Å²) in [7, 11) is 0. The Morgan fingerprint density at radius 3 is 2.71 bits per heavy atom. The minimum absolute atomic E-state index is 0.00323. The predicted octanol–water partition coefficient (Wildman–Crippen LogP) is 3.21. The molecule has 11 heteroatoms. The number of anilines is 1. The van der Waals surface area contributed by atoms with Crippen molar-refractivity contribution in [2.24, 2.45) is 0 Å². The smallest absolute Gasteiger partial charge is 0.410 e. The van der Waals surface area contributed by atoms with Gasteiger partial charge in [-0.05, 0) is 62.7 Å². The van der Waals surface area contributed by atoms with Gasteiger partial charge < -0.3 is 15.0 Å². The van der Waals surface area contributed by atoms with Gasteiger partial charge in [-0.1, -0.05) is 12.1 Å². The zero-order valence-electron chi connectivity index (χ0n) is 20.0. The number of hydrogen-bond acceptors (Lipinski definition) is 7. The lowest BCUT2D eigenvalue weighted by atomic mass is 10.0. The molecule has 0 aliphatic carbocycles. The number of carbonyl (C=O) groups excluding carboxylic acids is 2. The zero-order valence-corrected chi connectivity index (χ0v) is 20.0. The molecule has 35 heavy (non-hydrogen) atoms. The summed E-state index contributed by atoms with van der Waals surface area (Å²) in [4.78, 5) is 28.2. The number of aryl methyl sites for hydroxylation is 1. The standard InChI is InChI=1S/C24H26N8O3/c1-15-8-9-17(11-19(15)26-22(33)18-12-25-31-10-6-5-7-20(18)31)32-28-21(27-29-32)16-13-30(14-16)23(34)35-24(2,3)4/h5-12,16H,13-14H2,1-4H3,(H,26,33). The van der Waals surface area contributed by atoms with E-state index in [1.807, 2.05) is 58.0 Å². The number of rotatable bonds is 4. The van der Waals surface area contributed by atoms with Crippen LogP contribution in [0.4, 0.5) is 10.5 Å². The van der Waals surface area contributed by atoms with Gasteiger partial charge in [0.25, 0.3) is 5.91 Å². The van der Waals surface area contributed by atoms with Crippen LogP contribution in [-0.4, -0.2) is 65.4 Å². The zero-order chi connectivity index (χ0) is 24.7. The first kappa shape index (κ1) is 22.5. The Morgan fingerprint density at radius 2 is 1.94 bits per heavy atom. The summed E-state index contributed by atoms with van der Waals surface area (Å²) in [6.07, 6.45) is 3.00. The molecule has 4 aromatic rings. The number of tetrazole rings is 1. The molecule has 1 aromatic carbocycles. The number of amides is 2. The first-order chi connectivity index (χ1) is 16.7. The largest absolute Gasteiger partial charge is 0.444 e. The molecule has 11 nitrogen and oxygen atoms in total. The average molecular weight is 475 g/mol. The van der Waals surface area contributed by atoms with Crippen molar-refractivity contribution in [3.05, 3.63) is 65.7 Å². The Morgan fingerprint density at radius 1 is 1.14 bits per heavy atom. The molecule has 1 aliphatic rings. The highest BCUT2D eigenvalue weighted by Crippen LogP contribution is 2.27. The molecule has 3 aromatic heterocycles. The molecule has 0 saturated carbocycles. The summed E-state index contributed by atoms with van der Waals surface area (Å²) in [5, 5.41) is 20.0. The van der Waals surface area contributed by atoms with E-state index in [0.29, 0.717) is 35.9 Å². The monoisotopic (exact) mass is 474 g/mol. The number of aromatic nitrogens is 6. The highest BCUT2D eigenvalue weighted by Gasteiger charge is 2.37.